The molecule has 0 saturated carbocycles. The van der Waals surface area contributed by atoms with Crippen molar-refractivity contribution < 1.29 is 19.4 Å². The minimum atomic E-state index is -1.06. The number of carbonyl (C=O) groups excluding carboxylic acids is 1. The fourth-order valence-electron chi connectivity index (χ4n) is 0.448. The minimum Gasteiger partial charge on any atom is -0.478 e. The zero-order chi connectivity index (χ0) is 8.85. The summed E-state index contributed by atoms with van der Waals surface area (Å²) < 4.78 is 4.47. The smallest absolute Gasteiger partial charge is 0.334 e. The van der Waals surface area contributed by atoms with Gasteiger partial charge in [-0.25, -0.2) is 4.79 Å². The zero-order valence-corrected chi connectivity index (χ0v) is 6.46. The molecule has 0 spiro atoms. The van der Waals surface area contributed by atoms with E-state index in [0.717, 1.165) is 0 Å². The molecule has 4 nitrogen and oxygen atoms in total. The van der Waals surface area contributed by atoms with Gasteiger partial charge in [0.05, 0.1) is 5.57 Å². The molecule has 0 heterocycles. The van der Waals surface area contributed by atoms with Crippen LogP contribution in [0, 0.1) is 0 Å². The second-order valence-corrected chi connectivity index (χ2v) is 1.90. The topological polar surface area (TPSA) is 63.6 Å². The highest BCUT2D eigenvalue weighted by Gasteiger charge is 2.06. The highest BCUT2D eigenvalue weighted by molar-refractivity contribution is 5.87. The van der Waals surface area contributed by atoms with Crippen molar-refractivity contribution in [2.24, 2.45) is 0 Å². The van der Waals surface area contributed by atoms with E-state index in [9.17, 15) is 9.59 Å². The molecule has 0 aliphatic heterocycles. The Morgan fingerprint density at radius 3 is 2.36 bits per heavy atom. The summed E-state index contributed by atoms with van der Waals surface area (Å²) in [7, 11) is 0. The largest absolute Gasteiger partial charge is 0.478 e. The second-order valence-electron chi connectivity index (χ2n) is 1.90. The fraction of sp³-hybridized carbons (Fsp3) is 0.429. The van der Waals surface area contributed by atoms with E-state index in [1.807, 2.05) is 0 Å². The Morgan fingerprint density at radius 2 is 2.09 bits per heavy atom. The van der Waals surface area contributed by atoms with Gasteiger partial charge in [0.2, 0.25) is 0 Å². The number of carboxylic acid groups (broad SMARTS) is 1. The first-order valence-corrected chi connectivity index (χ1v) is 3.09. The number of carboxylic acids is 1. The number of esters is 1. The lowest BCUT2D eigenvalue weighted by atomic mass is 10.3. The number of aliphatic carboxylic acids is 1. The summed E-state index contributed by atoms with van der Waals surface area (Å²) in [5.41, 5.74) is 0.0835. The van der Waals surface area contributed by atoms with Crippen LogP contribution in [-0.2, 0) is 14.3 Å². The van der Waals surface area contributed by atoms with E-state index in [1.54, 1.807) is 6.92 Å². The van der Waals surface area contributed by atoms with E-state index in [4.69, 9.17) is 5.11 Å². The van der Waals surface area contributed by atoms with Crippen LogP contribution in [-0.4, -0.2) is 23.7 Å². The first-order valence-electron chi connectivity index (χ1n) is 3.09. The van der Waals surface area contributed by atoms with Crippen LogP contribution in [0.3, 0.4) is 0 Å². The van der Waals surface area contributed by atoms with Crippen molar-refractivity contribution in [3.63, 3.8) is 0 Å². The van der Waals surface area contributed by atoms with Crippen LogP contribution in [0.4, 0.5) is 0 Å². The summed E-state index contributed by atoms with van der Waals surface area (Å²) in [6, 6.07) is 0. The van der Waals surface area contributed by atoms with Crippen LogP contribution in [0.15, 0.2) is 11.6 Å². The summed E-state index contributed by atoms with van der Waals surface area (Å²) in [6.45, 7) is 2.64. The Bertz CT molecular complexity index is 193. The van der Waals surface area contributed by atoms with Crippen molar-refractivity contribution in [3.8, 4) is 0 Å². The molecule has 0 radical (unpaired) electrons. The maximum atomic E-state index is 10.3. The Balaban J connectivity index is 3.92. The third kappa shape index (κ3) is 4.13. The molecule has 1 N–H and O–H groups in total. The van der Waals surface area contributed by atoms with Gasteiger partial charge in [0.1, 0.15) is 6.61 Å². The molecule has 0 rings (SSSR count). The van der Waals surface area contributed by atoms with Crippen LogP contribution in [0.5, 0.6) is 0 Å². The second kappa shape index (κ2) is 4.49. The zero-order valence-electron chi connectivity index (χ0n) is 6.46. The minimum absolute atomic E-state index is 0.0835. The van der Waals surface area contributed by atoms with Gasteiger partial charge in [-0.1, -0.05) is 6.08 Å². The van der Waals surface area contributed by atoms with E-state index in [0.29, 0.717) is 0 Å². The molecule has 0 unspecified atom stereocenters. The standard InChI is InChI=1S/C7H10O4/c1-3-6(7(9)10)4-11-5(2)8/h3H,4H2,1-2H3,(H,9,10)/b6-3+. The molecule has 0 aromatic rings. The van der Waals surface area contributed by atoms with Crippen molar-refractivity contribution in [2.75, 3.05) is 6.61 Å². The van der Waals surface area contributed by atoms with Crippen molar-refractivity contribution in [1.82, 2.24) is 0 Å². The molecule has 0 aromatic carbocycles. The number of hydrogen-bond acceptors (Lipinski definition) is 3. The molecular weight excluding hydrogens is 148 g/mol. The van der Waals surface area contributed by atoms with E-state index in [-0.39, 0.29) is 12.2 Å². The van der Waals surface area contributed by atoms with Gasteiger partial charge in [0.25, 0.3) is 0 Å². The Kier molecular flexibility index (Phi) is 3.95. The van der Waals surface area contributed by atoms with Gasteiger partial charge in [-0.3, -0.25) is 4.79 Å². The molecular formula is C7H10O4. The molecule has 0 amide bonds. The highest BCUT2D eigenvalue weighted by atomic mass is 16.5. The predicted octanol–water partition coefficient (Wildman–Crippen LogP) is 0.580. The quantitative estimate of drug-likeness (QED) is 0.482. The number of carbonyl (C=O) groups is 2. The monoisotopic (exact) mass is 158 g/mol. The normalized spacial score (nSPS) is 10.9. The highest BCUT2D eigenvalue weighted by Crippen LogP contribution is 1.95. The molecule has 0 bridgehead atoms. The van der Waals surface area contributed by atoms with Crippen LogP contribution in [0.25, 0.3) is 0 Å². The summed E-state index contributed by atoms with van der Waals surface area (Å²) in [5, 5.41) is 8.43. The molecule has 0 saturated heterocycles. The van der Waals surface area contributed by atoms with Crippen molar-refractivity contribution >= 4 is 11.9 Å². The number of ether oxygens (including phenoxy) is 1. The van der Waals surface area contributed by atoms with Crippen LogP contribution < -0.4 is 0 Å². The molecule has 4 heteroatoms. The van der Waals surface area contributed by atoms with Gasteiger partial charge in [-0.2, -0.15) is 0 Å². The molecule has 0 fully saturated rings. The van der Waals surface area contributed by atoms with Gasteiger partial charge in [0, 0.05) is 6.92 Å². The Labute approximate surface area is 64.5 Å². The first-order chi connectivity index (χ1) is 5.07. The summed E-state index contributed by atoms with van der Waals surface area (Å²) >= 11 is 0. The maximum Gasteiger partial charge on any atom is 0.334 e. The summed E-state index contributed by atoms with van der Waals surface area (Å²) in [5.74, 6) is -1.54. The van der Waals surface area contributed by atoms with E-state index < -0.39 is 11.9 Å². The molecule has 11 heavy (non-hydrogen) atoms. The van der Waals surface area contributed by atoms with Crippen molar-refractivity contribution in [1.29, 1.82) is 0 Å². The molecule has 0 atom stereocenters. The Hall–Kier alpha value is -1.32. The first kappa shape index (κ1) is 9.68. The maximum absolute atomic E-state index is 10.3. The van der Waals surface area contributed by atoms with Crippen LogP contribution in [0.2, 0.25) is 0 Å². The van der Waals surface area contributed by atoms with Gasteiger partial charge in [0.15, 0.2) is 0 Å². The van der Waals surface area contributed by atoms with Gasteiger partial charge < -0.3 is 9.84 Å². The van der Waals surface area contributed by atoms with Crippen LogP contribution >= 0.6 is 0 Å². The summed E-state index contributed by atoms with van der Waals surface area (Å²) in [6.07, 6.45) is 1.39. The Morgan fingerprint density at radius 1 is 1.55 bits per heavy atom. The molecule has 0 aliphatic carbocycles. The third-order valence-corrected chi connectivity index (χ3v) is 1.05. The fourth-order valence-corrected chi connectivity index (χ4v) is 0.448. The van der Waals surface area contributed by atoms with Crippen LogP contribution in [0.1, 0.15) is 13.8 Å². The van der Waals surface area contributed by atoms with Crippen molar-refractivity contribution in [3.05, 3.63) is 11.6 Å². The van der Waals surface area contributed by atoms with Gasteiger partial charge in [-0.05, 0) is 6.92 Å². The number of allylic oxidation sites excluding steroid dienone is 1. The average Bonchev–Trinajstić information content (AvgIpc) is 1.87. The van der Waals surface area contributed by atoms with Crippen molar-refractivity contribution in [2.45, 2.75) is 13.8 Å². The van der Waals surface area contributed by atoms with Gasteiger partial charge in [-0.15, -0.1) is 0 Å². The lowest BCUT2D eigenvalue weighted by Gasteiger charge is -2.00. The van der Waals surface area contributed by atoms with Gasteiger partial charge >= 0.3 is 11.9 Å². The lowest BCUT2D eigenvalue weighted by Crippen LogP contribution is -2.10. The van der Waals surface area contributed by atoms with E-state index in [2.05, 4.69) is 4.74 Å². The summed E-state index contributed by atoms with van der Waals surface area (Å²) in [4.78, 5) is 20.5. The number of rotatable bonds is 3. The third-order valence-electron chi connectivity index (χ3n) is 1.05. The number of hydrogen-bond donors (Lipinski definition) is 1. The SMILES string of the molecule is C/C=C(\COC(C)=O)C(=O)O. The molecule has 62 valence electrons. The predicted molar refractivity (Wildman–Crippen MR) is 38.0 cm³/mol. The van der Waals surface area contributed by atoms with E-state index >= 15 is 0 Å². The molecule has 0 aromatic heterocycles. The molecule has 0 aliphatic rings. The lowest BCUT2D eigenvalue weighted by molar-refractivity contribution is -0.141. The average molecular weight is 158 g/mol. The van der Waals surface area contributed by atoms with E-state index in [1.165, 1.54) is 13.0 Å².